The number of thioether (sulfide) groups is 1. The van der Waals surface area contributed by atoms with E-state index in [0.717, 1.165) is 17.1 Å². The Morgan fingerprint density at radius 1 is 1.12 bits per heavy atom. The third-order valence-corrected chi connectivity index (χ3v) is 4.86. The fourth-order valence-corrected chi connectivity index (χ4v) is 3.57. The van der Waals surface area contributed by atoms with Crippen molar-refractivity contribution in [1.82, 2.24) is 5.32 Å². The molecular formula is C21H27NO2S. The maximum atomic E-state index is 12.2. The van der Waals surface area contributed by atoms with Crippen LogP contribution < -0.4 is 10.1 Å². The highest BCUT2D eigenvalue weighted by atomic mass is 32.2. The van der Waals surface area contributed by atoms with Crippen LogP contribution in [0.4, 0.5) is 0 Å². The molecule has 0 aliphatic rings. The molecule has 134 valence electrons. The smallest absolute Gasteiger partial charge is 0.230 e. The van der Waals surface area contributed by atoms with Crippen molar-refractivity contribution >= 4 is 17.7 Å². The van der Waals surface area contributed by atoms with Crippen molar-refractivity contribution in [3.8, 4) is 5.75 Å². The minimum Gasteiger partial charge on any atom is -0.494 e. The van der Waals surface area contributed by atoms with Gasteiger partial charge in [-0.2, -0.15) is 0 Å². The highest BCUT2D eigenvalue weighted by Crippen LogP contribution is 2.19. The molecule has 0 aliphatic carbocycles. The molecule has 3 nitrogen and oxygen atoms in total. The van der Waals surface area contributed by atoms with Crippen molar-refractivity contribution in [2.24, 2.45) is 0 Å². The van der Waals surface area contributed by atoms with E-state index < -0.39 is 0 Å². The Bertz CT molecular complexity index is 677. The molecule has 1 N–H and O–H groups in total. The fourth-order valence-electron chi connectivity index (χ4n) is 2.80. The zero-order valence-electron chi connectivity index (χ0n) is 15.5. The second-order valence-corrected chi connectivity index (χ2v) is 7.27. The summed E-state index contributed by atoms with van der Waals surface area (Å²) in [5, 5.41) is 3.06. The molecule has 4 heteroatoms. The number of benzene rings is 2. The first-order valence-corrected chi connectivity index (χ1v) is 9.80. The van der Waals surface area contributed by atoms with Crippen LogP contribution in [-0.2, 0) is 10.5 Å². The molecule has 0 saturated carbocycles. The third-order valence-electron chi connectivity index (χ3n) is 3.85. The zero-order chi connectivity index (χ0) is 18.2. The van der Waals surface area contributed by atoms with Crippen LogP contribution in [-0.4, -0.2) is 18.3 Å². The molecule has 1 atom stereocenters. The number of nitrogens with one attached hydrogen (secondary N) is 1. The maximum absolute atomic E-state index is 12.2. The molecule has 1 amide bonds. The van der Waals surface area contributed by atoms with Gasteiger partial charge in [-0.25, -0.2) is 0 Å². The van der Waals surface area contributed by atoms with Crippen molar-refractivity contribution in [2.45, 2.75) is 39.5 Å². The molecule has 0 saturated heterocycles. The van der Waals surface area contributed by atoms with Crippen LogP contribution in [0.25, 0.3) is 0 Å². The van der Waals surface area contributed by atoms with E-state index in [9.17, 15) is 4.79 Å². The highest BCUT2D eigenvalue weighted by Gasteiger charge is 2.10. The lowest BCUT2D eigenvalue weighted by Gasteiger charge is -2.15. The zero-order valence-corrected chi connectivity index (χ0v) is 16.3. The van der Waals surface area contributed by atoms with Gasteiger partial charge in [0, 0.05) is 5.75 Å². The second-order valence-electron chi connectivity index (χ2n) is 6.28. The lowest BCUT2D eigenvalue weighted by atomic mass is 10.1. The van der Waals surface area contributed by atoms with Crippen molar-refractivity contribution in [1.29, 1.82) is 0 Å². The lowest BCUT2D eigenvalue weighted by Crippen LogP contribution is -2.28. The molecule has 0 radical (unpaired) electrons. The summed E-state index contributed by atoms with van der Waals surface area (Å²) < 4.78 is 5.44. The average molecular weight is 358 g/mol. The van der Waals surface area contributed by atoms with E-state index in [4.69, 9.17) is 4.74 Å². The number of aryl methyl sites for hydroxylation is 2. The van der Waals surface area contributed by atoms with Crippen LogP contribution in [0.15, 0.2) is 42.5 Å². The normalized spacial score (nSPS) is 11.8. The van der Waals surface area contributed by atoms with Crippen molar-refractivity contribution in [3.63, 3.8) is 0 Å². The van der Waals surface area contributed by atoms with E-state index >= 15 is 0 Å². The van der Waals surface area contributed by atoms with Gasteiger partial charge in [-0.3, -0.25) is 4.79 Å². The van der Waals surface area contributed by atoms with Crippen LogP contribution in [0.5, 0.6) is 5.75 Å². The number of rotatable bonds is 8. The van der Waals surface area contributed by atoms with Gasteiger partial charge >= 0.3 is 0 Å². The first kappa shape index (κ1) is 19.4. The Kier molecular flexibility index (Phi) is 7.38. The van der Waals surface area contributed by atoms with Crippen molar-refractivity contribution in [2.75, 3.05) is 12.4 Å². The molecule has 0 bridgehead atoms. The molecule has 0 aromatic heterocycles. The van der Waals surface area contributed by atoms with E-state index in [0.29, 0.717) is 12.4 Å². The number of carbonyl (C=O) groups excluding carboxylic acids is 1. The summed E-state index contributed by atoms with van der Waals surface area (Å²) in [4.78, 5) is 12.2. The first-order valence-electron chi connectivity index (χ1n) is 8.65. The number of ether oxygens (including phenoxy) is 1. The average Bonchev–Trinajstić information content (AvgIpc) is 2.55. The lowest BCUT2D eigenvalue weighted by molar-refractivity contribution is -0.119. The molecule has 25 heavy (non-hydrogen) atoms. The first-order chi connectivity index (χ1) is 12.0. The molecule has 2 aromatic carbocycles. The Morgan fingerprint density at radius 2 is 1.76 bits per heavy atom. The van der Waals surface area contributed by atoms with Gasteiger partial charge in [-0.1, -0.05) is 41.5 Å². The molecule has 0 unspecified atom stereocenters. The molecule has 0 spiro atoms. The third kappa shape index (κ3) is 6.46. The summed E-state index contributed by atoms with van der Waals surface area (Å²) in [6, 6.07) is 14.4. The summed E-state index contributed by atoms with van der Waals surface area (Å²) in [5.74, 6) is 2.24. The monoisotopic (exact) mass is 357 g/mol. The van der Waals surface area contributed by atoms with Crippen molar-refractivity contribution < 1.29 is 9.53 Å². The van der Waals surface area contributed by atoms with Gasteiger partial charge < -0.3 is 10.1 Å². The summed E-state index contributed by atoms with van der Waals surface area (Å²) in [6.45, 7) is 8.83. The quantitative estimate of drug-likeness (QED) is 0.736. The van der Waals surface area contributed by atoms with E-state index in [1.165, 1.54) is 16.7 Å². The maximum Gasteiger partial charge on any atom is 0.230 e. The van der Waals surface area contributed by atoms with E-state index in [2.05, 4.69) is 37.4 Å². The van der Waals surface area contributed by atoms with Gasteiger partial charge in [0.2, 0.25) is 5.91 Å². The molecule has 2 rings (SSSR count). The van der Waals surface area contributed by atoms with Crippen LogP contribution in [0.2, 0.25) is 0 Å². The molecule has 2 aromatic rings. The number of carbonyl (C=O) groups is 1. The second kappa shape index (κ2) is 9.52. The topological polar surface area (TPSA) is 38.3 Å². The van der Waals surface area contributed by atoms with Gasteiger partial charge in [-0.15, -0.1) is 11.8 Å². The number of amides is 1. The number of hydrogen-bond donors (Lipinski definition) is 1. The Morgan fingerprint density at radius 3 is 2.36 bits per heavy atom. The summed E-state index contributed by atoms with van der Waals surface area (Å²) in [7, 11) is 0. The van der Waals surface area contributed by atoms with Gasteiger partial charge in [0.15, 0.2) is 0 Å². The molecular weight excluding hydrogens is 330 g/mol. The predicted octanol–water partition coefficient (Wildman–Crippen LogP) is 4.81. The van der Waals surface area contributed by atoms with Crippen molar-refractivity contribution in [3.05, 3.63) is 64.7 Å². The van der Waals surface area contributed by atoms with Crippen LogP contribution in [0, 0.1) is 13.8 Å². The Balaban J connectivity index is 1.79. The van der Waals surface area contributed by atoms with Gasteiger partial charge in [0.1, 0.15) is 5.75 Å². The highest BCUT2D eigenvalue weighted by molar-refractivity contribution is 7.99. The van der Waals surface area contributed by atoms with Crippen LogP contribution in [0.1, 0.15) is 42.1 Å². The van der Waals surface area contributed by atoms with E-state index in [1.807, 2.05) is 38.1 Å². The number of hydrogen-bond acceptors (Lipinski definition) is 3. The summed E-state index contributed by atoms with van der Waals surface area (Å²) in [6.07, 6.45) is 0. The summed E-state index contributed by atoms with van der Waals surface area (Å²) >= 11 is 1.65. The Hall–Kier alpha value is -1.94. The van der Waals surface area contributed by atoms with Gasteiger partial charge in [-0.05, 0) is 51.0 Å². The van der Waals surface area contributed by atoms with Gasteiger partial charge in [0.25, 0.3) is 0 Å². The van der Waals surface area contributed by atoms with E-state index in [-0.39, 0.29) is 11.9 Å². The standard InChI is InChI=1S/C21H27NO2S/c1-5-24-20-8-6-19(7-9-20)17(4)22-21(23)14-25-13-18-11-15(2)10-16(3)12-18/h6-12,17H,5,13-14H2,1-4H3,(H,22,23)/t17-/m0/s1. The molecule has 0 fully saturated rings. The van der Waals surface area contributed by atoms with Gasteiger partial charge in [0.05, 0.1) is 18.4 Å². The minimum atomic E-state index is -0.00927. The molecule has 0 heterocycles. The minimum absolute atomic E-state index is 0.00927. The molecule has 0 aliphatic heterocycles. The Labute approximate surface area is 155 Å². The van der Waals surface area contributed by atoms with Crippen LogP contribution in [0.3, 0.4) is 0 Å². The largest absolute Gasteiger partial charge is 0.494 e. The van der Waals surface area contributed by atoms with E-state index in [1.54, 1.807) is 11.8 Å². The van der Waals surface area contributed by atoms with Crippen LogP contribution >= 0.6 is 11.8 Å². The SMILES string of the molecule is CCOc1ccc([C@H](C)NC(=O)CSCc2cc(C)cc(C)c2)cc1. The predicted molar refractivity (Wildman–Crippen MR) is 106 cm³/mol. The summed E-state index contributed by atoms with van der Waals surface area (Å²) in [5.41, 5.74) is 4.89. The fraction of sp³-hybridized carbons (Fsp3) is 0.381.